The zero-order chi connectivity index (χ0) is 17.5. The molecule has 0 N–H and O–H groups in total. The molecule has 2 aromatic carbocycles. The van der Waals surface area contributed by atoms with E-state index in [2.05, 4.69) is 31.9 Å². The second-order valence-corrected chi connectivity index (χ2v) is 8.85. The van der Waals surface area contributed by atoms with E-state index in [1.54, 1.807) is 37.3 Å². The Labute approximate surface area is 157 Å². The van der Waals surface area contributed by atoms with Crippen LogP contribution in [0.2, 0.25) is 0 Å². The van der Waals surface area contributed by atoms with Gasteiger partial charge in [0, 0.05) is 14.3 Å². The van der Waals surface area contributed by atoms with Gasteiger partial charge in [-0.1, -0.05) is 31.9 Å². The van der Waals surface area contributed by atoms with Gasteiger partial charge in [-0.05, 0) is 56.3 Å². The molecule has 1 aromatic heterocycles. The summed E-state index contributed by atoms with van der Waals surface area (Å²) in [6.45, 7) is 4.10. The summed E-state index contributed by atoms with van der Waals surface area (Å²) in [5, 5.41) is 0.768. The van der Waals surface area contributed by atoms with Crippen LogP contribution in [0, 0.1) is 6.92 Å². The SMILES string of the molecule is CCOc1c(C)n(S(=O)(=O)c2ccc(Br)cc2)c2ccc(Br)cc12. The van der Waals surface area contributed by atoms with Crippen molar-refractivity contribution in [1.29, 1.82) is 0 Å². The first-order valence-electron chi connectivity index (χ1n) is 7.30. The van der Waals surface area contributed by atoms with Crippen LogP contribution >= 0.6 is 31.9 Å². The number of nitrogens with zero attached hydrogens (tertiary/aromatic N) is 1. The summed E-state index contributed by atoms with van der Waals surface area (Å²) in [5.74, 6) is 0.592. The van der Waals surface area contributed by atoms with Gasteiger partial charge in [0.05, 0.1) is 22.7 Å². The van der Waals surface area contributed by atoms with Crippen molar-refractivity contribution < 1.29 is 13.2 Å². The number of halogens is 2. The van der Waals surface area contributed by atoms with Crippen molar-refractivity contribution >= 4 is 52.8 Å². The Hall–Kier alpha value is -1.31. The molecule has 3 rings (SSSR count). The lowest BCUT2D eigenvalue weighted by molar-refractivity contribution is 0.341. The highest BCUT2D eigenvalue weighted by molar-refractivity contribution is 9.10. The van der Waals surface area contributed by atoms with Gasteiger partial charge < -0.3 is 4.74 Å². The van der Waals surface area contributed by atoms with E-state index in [0.29, 0.717) is 23.6 Å². The van der Waals surface area contributed by atoms with Crippen molar-refractivity contribution in [3.05, 3.63) is 57.1 Å². The molecule has 0 fully saturated rings. The molecule has 0 unspecified atom stereocenters. The molecular formula is C17H15Br2NO3S. The molecule has 4 nitrogen and oxygen atoms in total. The van der Waals surface area contributed by atoms with Crippen molar-refractivity contribution in [2.45, 2.75) is 18.7 Å². The maximum atomic E-state index is 13.2. The molecule has 24 heavy (non-hydrogen) atoms. The number of ether oxygens (including phenoxy) is 1. The maximum absolute atomic E-state index is 13.2. The fraction of sp³-hybridized carbons (Fsp3) is 0.176. The van der Waals surface area contributed by atoms with Gasteiger partial charge in [0.1, 0.15) is 5.75 Å². The van der Waals surface area contributed by atoms with Crippen molar-refractivity contribution in [2.24, 2.45) is 0 Å². The quantitative estimate of drug-likeness (QED) is 0.530. The summed E-state index contributed by atoms with van der Waals surface area (Å²) < 4.78 is 35.1. The van der Waals surface area contributed by atoms with E-state index in [1.807, 2.05) is 19.1 Å². The molecule has 126 valence electrons. The normalized spacial score (nSPS) is 11.8. The Kier molecular flexibility index (Phi) is 4.77. The van der Waals surface area contributed by atoms with Gasteiger partial charge in [-0.15, -0.1) is 0 Å². The number of hydrogen-bond acceptors (Lipinski definition) is 3. The Balaban J connectivity index is 2.33. The molecule has 0 bridgehead atoms. The molecule has 0 amide bonds. The van der Waals surface area contributed by atoms with Crippen LogP contribution in [0.5, 0.6) is 5.75 Å². The maximum Gasteiger partial charge on any atom is 0.268 e. The lowest BCUT2D eigenvalue weighted by atomic mass is 10.2. The number of fused-ring (bicyclic) bond motifs is 1. The first-order chi connectivity index (χ1) is 11.4. The highest BCUT2D eigenvalue weighted by atomic mass is 79.9. The van der Waals surface area contributed by atoms with Crippen LogP contribution in [0.25, 0.3) is 10.9 Å². The summed E-state index contributed by atoms with van der Waals surface area (Å²) in [6.07, 6.45) is 0. The first-order valence-corrected chi connectivity index (χ1v) is 10.3. The van der Waals surface area contributed by atoms with Crippen LogP contribution in [0.15, 0.2) is 56.3 Å². The largest absolute Gasteiger partial charge is 0.491 e. The third-order valence-corrected chi connectivity index (χ3v) is 6.54. The minimum absolute atomic E-state index is 0.233. The van der Waals surface area contributed by atoms with Crippen LogP contribution in [0.3, 0.4) is 0 Å². The van der Waals surface area contributed by atoms with E-state index in [9.17, 15) is 8.42 Å². The van der Waals surface area contributed by atoms with E-state index in [4.69, 9.17) is 4.74 Å². The fourth-order valence-electron chi connectivity index (χ4n) is 2.68. The lowest BCUT2D eigenvalue weighted by Crippen LogP contribution is -2.14. The van der Waals surface area contributed by atoms with Crippen molar-refractivity contribution in [3.8, 4) is 5.75 Å². The number of aromatic nitrogens is 1. The van der Waals surface area contributed by atoms with E-state index in [0.717, 1.165) is 14.3 Å². The van der Waals surface area contributed by atoms with Gasteiger partial charge >= 0.3 is 0 Å². The molecular weight excluding hydrogens is 458 g/mol. The first kappa shape index (κ1) is 17.5. The Bertz CT molecular complexity index is 1010. The molecule has 7 heteroatoms. The number of benzene rings is 2. The molecule has 0 aliphatic rings. The number of rotatable bonds is 4. The lowest BCUT2D eigenvalue weighted by Gasteiger charge is -2.10. The summed E-state index contributed by atoms with van der Waals surface area (Å²) in [7, 11) is -3.72. The third-order valence-electron chi connectivity index (χ3n) is 3.70. The van der Waals surface area contributed by atoms with E-state index < -0.39 is 10.0 Å². The second kappa shape index (κ2) is 6.54. The highest BCUT2D eigenvalue weighted by Crippen LogP contribution is 2.37. The van der Waals surface area contributed by atoms with Crippen LogP contribution < -0.4 is 4.74 Å². The number of hydrogen-bond donors (Lipinski definition) is 0. The van der Waals surface area contributed by atoms with E-state index in [1.165, 1.54) is 3.97 Å². The molecule has 0 radical (unpaired) electrons. The van der Waals surface area contributed by atoms with Crippen molar-refractivity contribution in [2.75, 3.05) is 6.61 Å². The van der Waals surface area contributed by atoms with Gasteiger partial charge in [0.15, 0.2) is 0 Å². The Morgan fingerprint density at radius 3 is 2.29 bits per heavy atom. The smallest absolute Gasteiger partial charge is 0.268 e. The Morgan fingerprint density at radius 2 is 1.67 bits per heavy atom. The zero-order valence-corrected chi connectivity index (χ0v) is 17.1. The molecule has 0 saturated heterocycles. The van der Waals surface area contributed by atoms with Gasteiger partial charge in [-0.25, -0.2) is 12.4 Å². The van der Waals surface area contributed by atoms with Gasteiger partial charge in [-0.3, -0.25) is 0 Å². The summed E-state index contributed by atoms with van der Waals surface area (Å²) in [5.41, 5.74) is 1.16. The Morgan fingerprint density at radius 1 is 1.04 bits per heavy atom. The van der Waals surface area contributed by atoms with Crippen LogP contribution in [0.4, 0.5) is 0 Å². The van der Waals surface area contributed by atoms with Crippen molar-refractivity contribution in [1.82, 2.24) is 3.97 Å². The molecule has 0 atom stereocenters. The predicted octanol–water partition coefficient (Wildman–Crippen LogP) is 5.11. The van der Waals surface area contributed by atoms with Crippen LogP contribution in [-0.4, -0.2) is 19.0 Å². The minimum atomic E-state index is -3.72. The van der Waals surface area contributed by atoms with Crippen molar-refractivity contribution in [3.63, 3.8) is 0 Å². The topological polar surface area (TPSA) is 48.3 Å². The summed E-state index contributed by atoms with van der Waals surface area (Å²) in [4.78, 5) is 0.233. The molecule has 3 aromatic rings. The van der Waals surface area contributed by atoms with E-state index in [-0.39, 0.29) is 4.90 Å². The minimum Gasteiger partial charge on any atom is -0.491 e. The molecule has 0 saturated carbocycles. The van der Waals surface area contributed by atoms with E-state index >= 15 is 0 Å². The van der Waals surface area contributed by atoms with Gasteiger partial charge in [0.2, 0.25) is 0 Å². The fourth-order valence-corrected chi connectivity index (χ4v) is 4.86. The predicted molar refractivity (Wildman–Crippen MR) is 102 cm³/mol. The average molecular weight is 473 g/mol. The van der Waals surface area contributed by atoms with Gasteiger partial charge in [0.25, 0.3) is 10.0 Å². The third kappa shape index (κ3) is 2.89. The summed E-state index contributed by atoms with van der Waals surface area (Å²) >= 11 is 6.76. The highest BCUT2D eigenvalue weighted by Gasteiger charge is 2.25. The molecule has 0 aliphatic carbocycles. The summed E-state index contributed by atoms with van der Waals surface area (Å²) in [6, 6.07) is 12.1. The standard InChI is InChI=1S/C17H15Br2NO3S/c1-3-23-17-11(2)20(16-9-6-13(19)10-15(16)17)24(21,22)14-7-4-12(18)5-8-14/h4-10H,3H2,1-2H3. The molecule has 0 spiro atoms. The molecule has 0 aliphatic heterocycles. The van der Waals surface area contributed by atoms with Crippen LogP contribution in [0.1, 0.15) is 12.6 Å². The van der Waals surface area contributed by atoms with Gasteiger partial charge in [-0.2, -0.15) is 0 Å². The molecule has 1 heterocycles. The second-order valence-electron chi connectivity index (χ2n) is 5.23. The average Bonchev–Trinajstić information content (AvgIpc) is 2.81. The zero-order valence-electron chi connectivity index (χ0n) is 13.1. The monoisotopic (exact) mass is 471 g/mol. The van der Waals surface area contributed by atoms with Crippen LogP contribution in [-0.2, 0) is 10.0 Å².